The Morgan fingerprint density at radius 1 is 1.10 bits per heavy atom. The highest BCUT2D eigenvalue weighted by molar-refractivity contribution is 7.86. The van der Waals surface area contributed by atoms with Gasteiger partial charge in [-0.2, -0.15) is 8.42 Å². The molecule has 0 radical (unpaired) electrons. The summed E-state index contributed by atoms with van der Waals surface area (Å²) < 4.78 is 39.2. The third-order valence-corrected chi connectivity index (χ3v) is 5.18. The van der Waals surface area contributed by atoms with E-state index in [1.54, 1.807) is 13.8 Å². The van der Waals surface area contributed by atoms with E-state index in [-0.39, 0.29) is 31.4 Å². The average molecular weight is 441 g/mol. The number of nitrogens with one attached hydrogen (secondary N) is 1. The van der Waals surface area contributed by atoms with Gasteiger partial charge in [0.05, 0.1) is 12.4 Å². The minimum Gasteiger partial charge on any atom is -0.479 e. The first kappa shape index (κ1) is 27.1. The molecule has 1 amide bonds. The first-order valence-corrected chi connectivity index (χ1v) is 10.6. The van der Waals surface area contributed by atoms with E-state index in [9.17, 15) is 27.9 Å². The van der Waals surface area contributed by atoms with Crippen molar-refractivity contribution >= 4 is 28.1 Å². The van der Waals surface area contributed by atoms with Crippen LogP contribution in [0.15, 0.2) is 0 Å². The molecule has 0 aliphatic rings. The SMILES string of the molecule is CC(=O)NCCCS(=O)(=O)OC(COC(=O)OCC(C)C)C(C)(C)[C@@H](O)C(=O)O. The number of carboxylic acid groups (broad SMARTS) is 1. The van der Waals surface area contributed by atoms with E-state index < -0.39 is 52.2 Å². The van der Waals surface area contributed by atoms with Crippen LogP contribution >= 0.6 is 0 Å². The number of amides is 1. The van der Waals surface area contributed by atoms with E-state index in [1.165, 1.54) is 20.8 Å². The van der Waals surface area contributed by atoms with Crippen molar-refractivity contribution in [2.45, 2.75) is 53.2 Å². The summed E-state index contributed by atoms with van der Waals surface area (Å²) in [4.78, 5) is 33.7. The molecule has 12 heteroatoms. The van der Waals surface area contributed by atoms with Gasteiger partial charge in [0.25, 0.3) is 10.1 Å². The number of hydrogen-bond acceptors (Lipinski definition) is 9. The monoisotopic (exact) mass is 441 g/mol. The van der Waals surface area contributed by atoms with Crippen LogP contribution < -0.4 is 5.32 Å². The molecule has 1 unspecified atom stereocenters. The summed E-state index contributed by atoms with van der Waals surface area (Å²) in [6, 6.07) is 0. The quantitative estimate of drug-likeness (QED) is 0.208. The van der Waals surface area contributed by atoms with Crippen LogP contribution in [-0.2, 0) is 33.4 Å². The smallest absolute Gasteiger partial charge is 0.479 e. The summed E-state index contributed by atoms with van der Waals surface area (Å²) in [5, 5.41) is 21.5. The van der Waals surface area contributed by atoms with Gasteiger partial charge in [-0.05, 0) is 12.3 Å². The van der Waals surface area contributed by atoms with E-state index in [0.29, 0.717) is 0 Å². The molecule has 0 saturated heterocycles. The van der Waals surface area contributed by atoms with Crippen molar-refractivity contribution in [2.24, 2.45) is 11.3 Å². The molecule has 0 aromatic rings. The Kier molecular flexibility index (Phi) is 11.1. The molecule has 0 aromatic carbocycles. The molecule has 29 heavy (non-hydrogen) atoms. The van der Waals surface area contributed by atoms with Crippen molar-refractivity contribution in [3.05, 3.63) is 0 Å². The second-order valence-corrected chi connectivity index (χ2v) is 9.23. The van der Waals surface area contributed by atoms with Gasteiger partial charge in [0.15, 0.2) is 6.10 Å². The lowest BCUT2D eigenvalue weighted by atomic mass is 9.81. The second kappa shape index (κ2) is 11.9. The summed E-state index contributed by atoms with van der Waals surface area (Å²) >= 11 is 0. The van der Waals surface area contributed by atoms with Gasteiger partial charge in [0.2, 0.25) is 5.91 Å². The first-order valence-electron chi connectivity index (χ1n) is 9.04. The lowest BCUT2D eigenvalue weighted by molar-refractivity contribution is -0.159. The fraction of sp³-hybridized carbons (Fsp3) is 0.824. The molecule has 0 fully saturated rings. The minimum absolute atomic E-state index is 0.0452. The van der Waals surface area contributed by atoms with E-state index in [0.717, 1.165) is 0 Å². The third kappa shape index (κ3) is 11.0. The molecular formula is C17H31NO10S. The summed E-state index contributed by atoms with van der Waals surface area (Å²) in [7, 11) is -4.18. The van der Waals surface area contributed by atoms with E-state index in [4.69, 9.17) is 18.8 Å². The fourth-order valence-corrected chi connectivity index (χ4v) is 3.27. The highest BCUT2D eigenvalue weighted by Crippen LogP contribution is 2.30. The molecule has 0 heterocycles. The van der Waals surface area contributed by atoms with Crippen LogP contribution in [0.5, 0.6) is 0 Å². The molecule has 0 rings (SSSR count). The van der Waals surface area contributed by atoms with Crippen LogP contribution in [-0.4, -0.2) is 74.4 Å². The largest absolute Gasteiger partial charge is 0.508 e. The molecule has 2 atom stereocenters. The number of ether oxygens (including phenoxy) is 2. The van der Waals surface area contributed by atoms with Gasteiger partial charge < -0.3 is 25.0 Å². The number of carbonyl (C=O) groups is 3. The molecule has 11 nitrogen and oxygen atoms in total. The Hall–Kier alpha value is -1.92. The fourth-order valence-electron chi connectivity index (χ4n) is 2.02. The number of carboxylic acids is 1. The van der Waals surface area contributed by atoms with E-state index in [2.05, 4.69) is 5.32 Å². The normalized spacial score (nSPS) is 14.2. The predicted octanol–water partition coefficient (Wildman–Crippen LogP) is 0.509. The van der Waals surface area contributed by atoms with Gasteiger partial charge in [0.1, 0.15) is 12.7 Å². The number of aliphatic hydroxyl groups is 1. The van der Waals surface area contributed by atoms with Crippen LogP contribution in [0.4, 0.5) is 4.79 Å². The van der Waals surface area contributed by atoms with Crippen LogP contribution in [0.3, 0.4) is 0 Å². The van der Waals surface area contributed by atoms with E-state index in [1.807, 2.05) is 0 Å². The summed E-state index contributed by atoms with van der Waals surface area (Å²) in [6.45, 7) is 6.96. The molecule has 0 aliphatic carbocycles. The van der Waals surface area contributed by atoms with Crippen molar-refractivity contribution in [3.63, 3.8) is 0 Å². The number of carbonyl (C=O) groups excluding carboxylic acids is 2. The molecule has 0 bridgehead atoms. The summed E-state index contributed by atoms with van der Waals surface area (Å²) in [6.07, 6.45) is -4.51. The molecule has 0 saturated carbocycles. The molecule has 170 valence electrons. The number of rotatable bonds is 13. The van der Waals surface area contributed by atoms with E-state index >= 15 is 0 Å². The maximum Gasteiger partial charge on any atom is 0.508 e. The van der Waals surface area contributed by atoms with Gasteiger partial charge in [0, 0.05) is 18.9 Å². The van der Waals surface area contributed by atoms with Crippen LogP contribution in [0, 0.1) is 11.3 Å². The standard InChI is InChI=1S/C17H31NO10S/c1-11(2)9-26-16(23)27-10-13(17(4,5)14(20)15(21)22)28-29(24,25)8-6-7-18-12(3)19/h11,13-14,20H,6-10H2,1-5H3,(H,18,19)(H,21,22)/t13?,14-/m0/s1. The van der Waals surface area contributed by atoms with Crippen molar-refractivity contribution in [1.29, 1.82) is 0 Å². The van der Waals surface area contributed by atoms with Crippen LogP contribution in [0.2, 0.25) is 0 Å². The second-order valence-electron chi connectivity index (χ2n) is 7.51. The Morgan fingerprint density at radius 3 is 2.14 bits per heavy atom. The van der Waals surface area contributed by atoms with Gasteiger partial charge in [-0.1, -0.05) is 27.7 Å². The zero-order chi connectivity index (χ0) is 22.8. The van der Waals surface area contributed by atoms with Crippen molar-refractivity contribution in [3.8, 4) is 0 Å². The molecule has 3 N–H and O–H groups in total. The number of aliphatic carboxylic acids is 1. The van der Waals surface area contributed by atoms with Gasteiger partial charge in [-0.25, -0.2) is 9.59 Å². The van der Waals surface area contributed by atoms with Gasteiger partial charge in [-0.3, -0.25) is 8.98 Å². The Balaban J connectivity index is 5.19. The predicted molar refractivity (Wildman–Crippen MR) is 102 cm³/mol. The third-order valence-electron chi connectivity index (χ3n) is 3.86. The summed E-state index contributed by atoms with van der Waals surface area (Å²) in [5.41, 5.74) is -1.63. The molecule has 0 aromatic heterocycles. The Labute approximate surface area is 170 Å². The minimum atomic E-state index is -4.18. The van der Waals surface area contributed by atoms with Crippen molar-refractivity contribution in [2.75, 3.05) is 25.5 Å². The maximum absolute atomic E-state index is 12.2. The van der Waals surface area contributed by atoms with Crippen molar-refractivity contribution < 1.29 is 46.7 Å². The number of hydrogen-bond donors (Lipinski definition) is 3. The van der Waals surface area contributed by atoms with Crippen LogP contribution in [0.25, 0.3) is 0 Å². The number of aliphatic hydroxyl groups excluding tert-OH is 1. The zero-order valence-corrected chi connectivity index (χ0v) is 18.2. The topological polar surface area (TPSA) is 166 Å². The Morgan fingerprint density at radius 2 is 1.66 bits per heavy atom. The van der Waals surface area contributed by atoms with Crippen molar-refractivity contribution in [1.82, 2.24) is 5.32 Å². The first-order chi connectivity index (χ1) is 13.2. The Bertz CT molecular complexity index is 659. The van der Waals surface area contributed by atoms with Gasteiger partial charge >= 0.3 is 12.1 Å². The molecular weight excluding hydrogens is 410 g/mol. The molecule has 0 spiro atoms. The summed E-state index contributed by atoms with van der Waals surface area (Å²) in [5.74, 6) is -2.33. The zero-order valence-electron chi connectivity index (χ0n) is 17.3. The molecule has 0 aliphatic heterocycles. The van der Waals surface area contributed by atoms with Crippen LogP contribution in [0.1, 0.15) is 41.0 Å². The highest BCUT2D eigenvalue weighted by Gasteiger charge is 2.44. The maximum atomic E-state index is 12.2. The lowest BCUT2D eigenvalue weighted by Crippen LogP contribution is -2.49. The van der Waals surface area contributed by atoms with Gasteiger partial charge in [-0.15, -0.1) is 0 Å². The lowest BCUT2D eigenvalue weighted by Gasteiger charge is -2.35. The average Bonchev–Trinajstić information content (AvgIpc) is 2.59. The highest BCUT2D eigenvalue weighted by atomic mass is 32.2.